The number of para-hydroxylation sites is 1. The van der Waals surface area contributed by atoms with Crippen molar-refractivity contribution in [2.24, 2.45) is 5.92 Å². The number of piperidine rings is 1. The summed E-state index contributed by atoms with van der Waals surface area (Å²) in [5.41, 5.74) is 2.03. The molecule has 37 heavy (non-hydrogen) atoms. The smallest absolute Gasteiger partial charge is 0.268 e. The minimum atomic E-state index is -0.945. The SMILES string of the molecule is Cl.O=C(N[C@H]1CC[C@@]2(O)[C@H]3Cc4ccc(O)c5c4[C@@]2(CCN3CC2CC2)[C@H]1O5)c1cc2ccccc2[nH]1. The summed E-state index contributed by atoms with van der Waals surface area (Å²) in [5.74, 6) is 1.22. The third-order valence-electron chi connectivity index (χ3n) is 9.85. The largest absolute Gasteiger partial charge is 0.504 e. The minimum Gasteiger partial charge on any atom is -0.504 e. The summed E-state index contributed by atoms with van der Waals surface area (Å²) in [5, 5.41) is 27.6. The number of hydrogen-bond acceptors (Lipinski definition) is 5. The molecule has 2 bridgehead atoms. The van der Waals surface area contributed by atoms with E-state index in [-0.39, 0.29) is 36.1 Å². The van der Waals surface area contributed by atoms with Crippen LogP contribution in [-0.2, 0) is 11.8 Å². The number of halogens is 1. The van der Waals surface area contributed by atoms with E-state index in [4.69, 9.17) is 4.74 Å². The number of carbonyl (C=O) groups is 1. The summed E-state index contributed by atoms with van der Waals surface area (Å²) in [6.07, 6.45) is 4.93. The molecular formula is C29H32ClN3O4. The molecule has 1 aromatic heterocycles. The van der Waals surface area contributed by atoms with Crippen LogP contribution in [0.4, 0.5) is 0 Å². The van der Waals surface area contributed by atoms with Gasteiger partial charge in [-0.15, -0.1) is 12.4 Å². The van der Waals surface area contributed by atoms with Crippen molar-refractivity contribution in [1.29, 1.82) is 0 Å². The molecular weight excluding hydrogens is 490 g/mol. The number of ether oxygens (including phenoxy) is 1. The Labute approximate surface area is 221 Å². The lowest BCUT2D eigenvalue weighted by molar-refractivity contribution is -0.191. The lowest BCUT2D eigenvalue weighted by Crippen LogP contribution is -2.78. The zero-order valence-corrected chi connectivity index (χ0v) is 21.4. The van der Waals surface area contributed by atoms with Crippen LogP contribution >= 0.6 is 12.4 Å². The summed E-state index contributed by atoms with van der Waals surface area (Å²) in [4.78, 5) is 19.1. The lowest BCUT2D eigenvalue weighted by Gasteiger charge is -2.64. The van der Waals surface area contributed by atoms with Gasteiger partial charge >= 0.3 is 0 Å². The van der Waals surface area contributed by atoms with Gasteiger partial charge in [0.2, 0.25) is 0 Å². The zero-order chi connectivity index (χ0) is 24.2. The van der Waals surface area contributed by atoms with Crippen molar-refractivity contribution in [3.8, 4) is 11.5 Å². The summed E-state index contributed by atoms with van der Waals surface area (Å²) >= 11 is 0. The molecule has 8 heteroatoms. The fraction of sp³-hybridized carbons (Fsp3) is 0.483. The number of carbonyl (C=O) groups excluding carboxylic acids is 1. The molecule has 194 valence electrons. The first-order valence-electron chi connectivity index (χ1n) is 13.3. The molecule has 2 aliphatic heterocycles. The monoisotopic (exact) mass is 521 g/mol. The van der Waals surface area contributed by atoms with Gasteiger partial charge in [-0.1, -0.05) is 24.3 Å². The standard InChI is InChI=1S/C29H31N3O4.ClH/c33-22-8-7-18-14-23-29(35)10-9-20(31-27(34)21-13-17-3-1-2-4-19(17)30-21)26-28(29,24(18)25(22)36-26)11-12-32(23)15-16-5-6-16;/h1-4,7-8,13,16,20,23,26,30,33,35H,5-6,9-12,14-15H2,(H,31,34);1H/t20-,23+,26-,28-,29+;/m0./s1. The number of aromatic hydroxyl groups is 1. The van der Waals surface area contributed by atoms with Gasteiger partial charge in [-0.25, -0.2) is 0 Å². The maximum Gasteiger partial charge on any atom is 0.268 e. The second-order valence-electron chi connectivity index (χ2n) is 11.7. The number of nitrogens with one attached hydrogen (secondary N) is 2. The van der Waals surface area contributed by atoms with Crippen LogP contribution in [0.3, 0.4) is 0 Å². The molecule has 3 fully saturated rings. The average molecular weight is 522 g/mol. The molecule has 8 rings (SSSR count). The van der Waals surface area contributed by atoms with Gasteiger partial charge in [-0.3, -0.25) is 9.69 Å². The van der Waals surface area contributed by atoms with Crippen LogP contribution < -0.4 is 10.1 Å². The van der Waals surface area contributed by atoms with Gasteiger partial charge in [0.25, 0.3) is 5.91 Å². The summed E-state index contributed by atoms with van der Waals surface area (Å²) in [6.45, 7) is 1.95. The van der Waals surface area contributed by atoms with E-state index < -0.39 is 17.1 Å². The van der Waals surface area contributed by atoms with Crippen molar-refractivity contribution in [1.82, 2.24) is 15.2 Å². The number of aromatic nitrogens is 1. The fourth-order valence-electron chi connectivity index (χ4n) is 8.07. The molecule has 0 unspecified atom stereocenters. The van der Waals surface area contributed by atoms with E-state index in [1.807, 2.05) is 36.4 Å². The highest BCUT2D eigenvalue weighted by atomic mass is 35.5. The maximum atomic E-state index is 13.4. The Hall–Kier alpha value is -2.74. The molecule has 4 N–H and O–H groups in total. The van der Waals surface area contributed by atoms with Crippen molar-refractivity contribution >= 4 is 29.2 Å². The van der Waals surface area contributed by atoms with Gasteiger partial charge in [-0.2, -0.15) is 0 Å². The van der Waals surface area contributed by atoms with Gasteiger partial charge in [0, 0.05) is 29.1 Å². The Bertz CT molecular complexity index is 1390. The number of phenolic OH excluding ortho intramolecular Hbond substituents is 1. The third kappa shape index (κ3) is 3.05. The molecule has 1 saturated heterocycles. The van der Waals surface area contributed by atoms with Crippen molar-refractivity contribution in [3.63, 3.8) is 0 Å². The zero-order valence-electron chi connectivity index (χ0n) is 20.6. The number of fused-ring (bicyclic) bond motifs is 1. The van der Waals surface area contributed by atoms with Crippen molar-refractivity contribution < 1.29 is 19.7 Å². The molecule has 2 aromatic carbocycles. The predicted molar refractivity (Wildman–Crippen MR) is 142 cm³/mol. The topological polar surface area (TPSA) is 97.8 Å². The molecule has 3 aromatic rings. The molecule has 7 nitrogen and oxygen atoms in total. The normalized spacial score (nSPS) is 33.4. The van der Waals surface area contributed by atoms with Gasteiger partial charge < -0.3 is 25.3 Å². The predicted octanol–water partition coefficient (Wildman–Crippen LogP) is 3.66. The van der Waals surface area contributed by atoms with Crippen LogP contribution in [0.1, 0.15) is 53.7 Å². The van der Waals surface area contributed by atoms with E-state index in [2.05, 4.69) is 15.2 Å². The van der Waals surface area contributed by atoms with Crippen LogP contribution in [0.2, 0.25) is 0 Å². The first-order valence-corrected chi connectivity index (χ1v) is 13.3. The number of rotatable bonds is 4. The first-order chi connectivity index (χ1) is 17.5. The molecule has 5 atom stereocenters. The number of nitrogens with zero attached hydrogens (tertiary/aromatic N) is 1. The van der Waals surface area contributed by atoms with E-state index in [0.29, 0.717) is 24.3 Å². The second kappa shape index (κ2) is 7.88. The molecule has 2 saturated carbocycles. The average Bonchev–Trinajstić information content (AvgIpc) is 3.45. The third-order valence-corrected chi connectivity index (χ3v) is 9.85. The Balaban J connectivity index is 0.00000231. The molecule has 1 spiro atoms. The molecule has 3 aliphatic carbocycles. The number of aliphatic hydroxyl groups is 1. The van der Waals surface area contributed by atoms with Crippen molar-refractivity contribution in [2.75, 3.05) is 13.1 Å². The van der Waals surface area contributed by atoms with Crippen LogP contribution in [-0.4, -0.2) is 62.9 Å². The van der Waals surface area contributed by atoms with Gasteiger partial charge in [0.05, 0.1) is 17.1 Å². The van der Waals surface area contributed by atoms with Crippen molar-refractivity contribution in [2.45, 2.75) is 67.7 Å². The molecule has 3 heterocycles. The minimum absolute atomic E-state index is 0. The van der Waals surface area contributed by atoms with Crippen LogP contribution in [0, 0.1) is 5.92 Å². The highest BCUT2D eigenvalue weighted by Crippen LogP contribution is 2.65. The van der Waals surface area contributed by atoms with E-state index >= 15 is 0 Å². The van der Waals surface area contributed by atoms with E-state index in [1.54, 1.807) is 6.07 Å². The number of phenols is 1. The number of H-pyrrole nitrogens is 1. The molecule has 0 radical (unpaired) electrons. The van der Waals surface area contributed by atoms with Crippen molar-refractivity contribution in [3.05, 3.63) is 59.3 Å². The number of hydrogen-bond donors (Lipinski definition) is 4. The quantitative estimate of drug-likeness (QED) is 0.420. The fourth-order valence-corrected chi connectivity index (χ4v) is 8.07. The summed E-state index contributed by atoms with van der Waals surface area (Å²) in [6, 6.07) is 13.2. The second-order valence-corrected chi connectivity index (χ2v) is 11.7. The van der Waals surface area contributed by atoms with Crippen LogP contribution in [0.25, 0.3) is 10.9 Å². The number of amides is 1. The summed E-state index contributed by atoms with van der Waals surface area (Å²) in [7, 11) is 0. The number of likely N-dealkylation sites (tertiary alicyclic amines) is 1. The van der Waals surface area contributed by atoms with E-state index in [9.17, 15) is 15.0 Å². The first kappa shape index (κ1) is 23.4. The van der Waals surface area contributed by atoms with E-state index in [1.165, 1.54) is 18.4 Å². The van der Waals surface area contributed by atoms with Crippen LogP contribution in [0.15, 0.2) is 42.5 Å². The highest BCUT2D eigenvalue weighted by Gasteiger charge is 2.73. The van der Waals surface area contributed by atoms with Gasteiger partial charge in [0.15, 0.2) is 11.5 Å². The van der Waals surface area contributed by atoms with Gasteiger partial charge in [0.1, 0.15) is 11.8 Å². The van der Waals surface area contributed by atoms with Crippen LogP contribution in [0.5, 0.6) is 11.5 Å². The Morgan fingerprint density at radius 1 is 1.16 bits per heavy atom. The number of benzene rings is 2. The van der Waals surface area contributed by atoms with Gasteiger partial charge in [-0.05, 0) is 74.8 Å². The maximum absolute atomic E-state index is 13.4. The number of aromatic amines is 1. The molecule has 1 amide bonds. The Kier molecular flexibility index (Phi) is 4.98. The van der Waals surface area contributed by atoms with E-state index in [0.717, 1.165) is 48.3 Å². The Morgan fingerprint density at radius 2 is 2.00 bits per heavy atom. The summed E-state index contributed by atoms with van der Waals surface area (Å²) < 4.78 is 6.56. The highest BCUT2D eigenvalue weighted by molar-refractivity contribution is 5.98. The lowest BCUT2D eigenvalue weighted by atomic mass is 9.48. The molecule has 5 aliphatic rings. The Morgan fingerprint density at radius 3 is 2.81 bits per heavy atom.